The normalized spacial score (nSPS) is 11.3. The minimum atomic E-state index is -0.687. The van der Waals surface area contributed by atoms with Gasteiger partial charge in [0.25, 0.3) is 11.8 Å². The van der Waals surface area contributed by atoms with Crippen LogP contribution in [0.2, 0.25) is 0 Å². The number of nitrogens with one attached hydrogen (secondary N) is 2. The summed E-state index contributed by atoms with van der Waals surface area (Å²) in [5, 5.41) is 5.09. The van der Waals surface area contributed by atoms with E-state index in [4.69, 9.17) is 9.47 Å². The molecule has 0 aromatic heterocycles. The third-order valence-electron chi connectivity index (χ3n) is 3.13. The Morgan fingerprint density at radius 1 is 1.22 bits per heavy atom. The zero-order valence-corrected chi connectivity index (χ0v) is 13.5. The summed E-state index contributed by atoms with van der Waals surface area (Å²) in [5.74, 6) is -1.11. The molecular weight excluding hydrogens is 300 g/mol. The molecule has 23 heavy (non-hydrogen) atoms. The number of rotatable bonds is 8. The fourth-order valence-electron chi connectivity index (χ4n) is 1.70. The van der Waals surface area contributed by atoms with E-state index in [1.165, 1.54) is 7.11 Å². The van der Waals surface area contributed by atoms with E-state index >= 15 is 0 Å². The van der Waals surface area contributed by atoms with Gasteiger partial charge >= 0.3 is 5.97 Å². The quantitative estimate of drug-likeness (QED) is 0.693. The maximum atomic E-state index is 12.0. The van der Waals surface area contributed by atoms with Crippen LogP contribution >= 0.6 is 0 Å². The van der Waals surface area contributed by atoms with Crippen molar-refractivity contribution < 1.29 is 23.9 Å². The largest absolute Gasteiger partial charge is 0.496 e. The molecule has 0 bridgehead atoms. The maximum absolute atomic E-state index is 12.0. The lowest BCUT2D eigenvalue weighted by Crippen LogP contribution is -2.37. The Hall–Kier alpha value is -2.57. The lowest BCUT2D eigenvalue weighted by molar-refractivity contribution is -0.147. The highest BCUT2D eigenvalue weighted by molar-refractivity contribution is 5.98. The molecule has 1 atom stereocenters. The van der Waals surface area contributed by atoms with Gasteiger partial charge in [0.05, 0.1) is 12.7 Å². The van der Waals surface area contributed by atoms with Crippen LogP contribution in [0.15, 0.2) is 24.3 Å². The molecule has 0 heterocycles. The minimum Gasteiger partial charge on any atom is -0.496 e. The summed E-state index contributed by atoms with van der Waals surface area (Å²) in [6.45, 7) is 3.10. The third-order valence-corrected chi connectivity index (χ3v) is 3.13. The number of hydrogen-bond donors (Lipinski definition) is 2. The topological polar surface area (TPSA) is 93.7 Å². The molecule has 7 nitrogen and oxygen atoms in total. The van der Waals surface area contributed by atoms with Crippen molar-refractivity contribution in [2.75, 3.05) is 20.3 Å². The van der Waals surface area contributed by atoms with Gasteiger partial charge in [-0.1, -0.05) is 19.1 Å². The Bertz CT molecular complexity index is 559. The van der Waals surface area contributed by atoms with E-state index in [-0.39, 0.29) is 25.1 Å². The molecular formula is C16H22N2O5. The number of ether oxygens (including phenoxy) is 2. The van der Waals surface area contributed by atoms with Crippen LogP contribution in [0.1, 0.15) is 30.6 Å². The summed E-state index contributed by atoms with van der Waals surface area (Å²) in [6, 6.07) is 6.67. The van der Waals surface area contributed by atoms with Crippen molar-refractivity contribution in [2.45, 2.75) is 26.3 Å². The molecule has 0 saturated heterocycles. The second kappa shape index (κ2) is 9.45. The average molecular weight is 322 g/mol. The van der Waals surface area contributed by atoms with Gasteiger partial charge in [-0.25, -0.2) is 0 Å². The number of carbonyl (C=O) groups excluding carboxylic acids is 3. The third kappa shape index (κ3) is 6.37. The summed E-state index contributed by atoms with van der Waals surface area (Å²) in [4.78, 5) is 35.0. The van der Waals surface area contributed by atoms with Gasteiger partial charge in [0.1, 0.15) is 12.3 Å². The van der Waals surface area contributed by atoms with Gasteiger partial charge < -0.3 is 20.1 Å². The van der Waals surface area contributed by atoms with Crippen LogP contribution < -0.4 is 15.4 Å². The first-order chi connectivity index (χ1) is 11.0. The summed E-state index contributed by atoms with van der Waals surface area (Å²) in [6.07, 6.45) is 0.786. The highest BCUT2D eigenvalue weighted by atomic mass is 16.5. The fourth-order valence-corrected chi connectivity index (χ4v) is 1.70. The molecule has 2 amide bonds. The van der Waals surface area contributed by atoms with Crippen LogP contribution in [0.3, 0.4) is 0 Å². The predicted molar refractivity (Wildman–Crippen MR) is 84.2 cm³/mol. The van der Waals surface area contributed by atoms with E-state index in [2.05, 4.69) is 10.6 Å². The zero-order chi connectivity index (χ0) is 17.2. The first-order valence-corrected chi connectivity index (χ1v) is 7.34. The van der Waals surface area contributed by atoms with Crippen molar-refractivity contribution in [3.63, 3.8) is 0 Å². The lowest BCUT2D eigenvalue weighted by atomic mass is 10.2. The van der Waals surface area contributed by atoms with Crippen LogP contribution in [0.5, 0.6) is 5.75 Å². The molecule has 1 aromatic carbocycles. The Morgan fingerprint density at radius 3 is 2.57 bits per heavy atom. The van der Waals surface area contributed by atoms with Crippen LogP contribution in [0.25, 0.3) is 0 Å². The Morgan fingerprint density at radius 2 is 1.91 bits per heavy atom. The van der Waals surface area contributed by atoms with Crippen LogP contribution in [-0.2, 0) is 14.3 Å². The maximum Gasteiger partial charge on any atom is 0.325 e. The first kappa shape index (κ1) is 18.5. The first-order valence-electron chi connectivity index (χ1n) is 7.34. The molecule has 0 unspecified atom stereocenters. The monoisotopic (exact) mass is 322 g/mol. The number of esters is 1. The molecule has 0 spiro atoms. The molecule has 0 radical (unpaired) electrons. The minimum absolute atomic E-state index is 0.0199. The number of methoxy groups -OCH3 is 1. The van der Waals surface area contributed by atoms with Crippen molar-refractivity contribution in [3.05, 3.63) is 29.8 Å². The molecule has 126 valence electrons. The molecule has 1 aromatic rings. The highest BCUT2D eigenvalue weighted by Gasteiger charge is 2.14. The molecule has 0 aliphatic heterocycles. The molecule has 0 aliphatic rings. The van der Waals surface area contributed by atoms with Crippen molar-refractivity contribution in [1.29, 1.82) is 0 Å². The van der Waals surface area contributed by atoms with Crippen molar-refractivity contribution in [3.8, 4) is 5.75 Å². The van der Waals surface area contributed by atoms with E-state index in [1.54, 1.807) is 24.3 Å². The number of hydrogen-bond acceptors (Lipinski definition) is 5. The van der Waals surface area contributed by atoms with Crippen molar-refractivity contribution in [2.24, 2.45) is 0 Å². The van der Waals surface area contributed by atoms with Gasteiger partial charge in [-0.3, -0.25) is 14.4 Å². The summed E-state index contributed by atoms with van der Waals surface area (Å²) >= 11 is 0. The fraction of sp³-hybridized carbons (Fsp3) is 0.438. The number of amides is 2. The Balaban J connectivity index is 2.38. The van der Waals surface area contributed by atoms with E-state index in [9.17, 15) is 14.4 Å². The van der Waals surface area contributed by atoms with Crippen LogP contribution in [-0.4, -0.2) is 44.1 Å². The molecule has 0 saturated carbocycles. The SMILES string of the molecule is CC[C@@H](C)NC(=O)COC(=O)CNC(=O)c1ccccc1OC. The summed E-state index contributed by atoms with van der Waals surface area (Å²) in [5.41, 5.74) is 0.317. The predicted octanol–water partition coefficient (Wildman–Crippen LogP) is 0.883. The standard InChI is InChI=1S/C16H22N2O5/c1-4-11(2)18-14(19)10-23-15(20)9-17-16(21)12-7-5-6-8-13(12)22-3/h5-8,11H,4,9-10H2,1-3H3,(H,17,21)(H,18,19)/t11-/m1/s1. The van der Waals surface area contributed by atoms with Crippen LogP contribution in [0, 0.1) is 0 Å². The molecule has 7 heteroatoms. The second-order valence-corrected chi connectivity index (χ2v) is 4.92. The van der Waals surface area contributed by atoms with Gasteiger partial charge in [-0.05, 0) is 25.5 Å². The Kier molecular flexibility index (Phi) is 7.59. The van der Waals surface area contributed by atoms with Gasteiger partial charge in [-0.15, -0.1) is 0 Å². The van der Waals surface area contributed by atoms with Crippen LogP contribution in [0.4, 0.5) is 0 Å². The highest BCUT2D eigenvalue weighted by Crippen LogP contribution is 2.16. The number of benzene rings is 1. The summed E-state index contributed by atoms with van der Waals surface area (Å²) < 4.78 is 9.86. The molecule has 0 aliphatic carbocycles. The van der Waals surface area contributed by atoms with E-state index in [0.717, 1.165) is 6.42 Å². The Labute approximate surface area is 135 Å². The van der Waals surface area contributed by atoms with E-state index in [1.807, 2.05) is 13.8 Å². The van der Waals surface area contributed by atoms with Gasteiger partial charge in [0, 0.05) is 6.04 Å². The van der Waals surface area contributed by atoms with Crippen molar-refractivity contribution in [1.82, 2.24) is 10.6 Å². The zero-order valence-electron chi connectivity index (χ0n) is 13.5. The van der Waals surface area contributed by atoms with Gasteiger partial charge in [-0.2, -0.15) is 0 Å². The lowest BCUT2D eigenvalue weighted by Gasteiger charge is -2.12. The summed E-state index contributed by atoms with van der Waals surface area (Å²) in [7, 11) is 1.45. The average Bonchev–Trinajstić information content (AvgIpc) is 2.57. The van der Waals surface area contributed by atoms with Gasteiger partial charge in [0.15, 0.2) is 6.61 Å². The molecule has 0 fully saturated rings. The molecule has 1 rings (SSSR count). The van der Waals surface area contributed by atoms with Crippen molar-refractivity contribution >= 4 is 17.8 Å². The molecule has 2 N–H and O–H groups in total. The smallest absolute Gasteiger partial charge is 0.325 e. The second-order valence-electron chi connectivity index (χ2n) is 4.92. The number of para-hydroxylation sites is 1. The van der Waals surface area contributed by atoms with E-state index in [0.29, 0.717) is 11.3 Å². The number of carbonyl (C=O) groups is 3. The van der Waals surface area contributed by atoms with Gasteiger partial charge in [0.2, 0.25) is 0 Å². The van der Waals surface area contributed by atoms with E-state index < -0.39 is 11.9 Å².